The summed E-state index contributed by atoms with van der Waals surface area (Å²) in [4.78, 5) is 33.1. The standard InChI is InChI=1S/C30H28N2O5S/c1-4-15-37-22-8-6-7-20(17-22)27(33)25-26(19-10-12-21(13-11-19)36-5-2)32(29(35)28(25)34)30-31-23-14-9-18(3)16-24(23)38-30/h6-14,16-17,26,33H,4-5,15H2,1-3H3. The summed E-state index contributed by atoms with van der Waals surface area (Å²) in [6.45, 7) is 6.93. The minimum atomic E-state index is -0.868. The highest BCUT2D eigenvalue weighted by Crippen LogP contribution is 2.44. The van der Waals surface area contributed by atoms with Gasteiger partial charge in [-0.2, -0.15) is 0 Å². The Kier molecular flexibility index (Phi) is 7.15. The van der Waals surface area contributed by atoms with Crippen LogP contribution in [0, 0.1) is 6.92 Å². The number of ether oxygens (including phenoxy) is 2. The number of fused-ring (bicyclic) bond motifs is 1. The van der Waals surface area contributed by atoms with Crippen molar-refractivity contribution in [2.24, 2.45) is 0 Å². The molecule has 4 aromatic rings. The molecule has 1 N–H and O–H groups in total. The van der Waals surface area contributed by atoms with Gasteiger partial charge in [-0.1, -0.05) is 48.6 Å². The molecule has 7 nitrogen and oxygen atoms in total. The van der Waals surface area contributed by atoms with E-state index in [1.54, 1.807) is 48.5 Å². The molecule has 1 fully saturated rings. The summed E-state index contributed by atoms with van der Waals surface area (Å²) in [7, 11) is 0. The summed E-state index contributed by atoms with van der Waals surface area (Å²) < 4.78 is 12.2. The molecule has 1 amide bonds. The molecule has 3 aromatic carbocycles. The van der Waals surface area contributed by atoms with Gasteiger partial charge in [-0.3, -0.25) is 14.5 Å². The lowest BCUT2D eigenvalue weighted by molar-refractivity contribution is -0.132. The van der Waals surface area contributed by atoms with E-state index >= 15 is 0 Å². The molecule has 1 atom stereocenters. The molecule has 2 heterocycles. The Morgan fingerprint density at radius 1 is 1.00 bits per heavy atom. The van der Waals surface area contributed by atoms with Crippen LogP contribution in [0.4, 0.5) is 5.13 Å². The minimum Gasteiger partial charge on any atom is -0.507 e. The number of carbonyl (C=O) groups excluding carboxylic acids is 2. The zero-order valence-corrected chi connectivity index (χ0v) is 22.2. The van der Waals surface area contributed by atoms with E-state index in [1.807, 2.05) is 39.0 Å². The Hall–Kier alpha value is -4.17. The smallest absolute Gasteiger partial charge is 0.301 e. The van der Waals surface area contributed by atoms with Crippen LogP contribution in [0.3, 0.4) is 0 Å². The maximum absolute atomic E-state index is 13.5. The largest absolute Gasteiger partial charge is 0.507 e. The van der Waals surface area contributed by atoms with E-state index in [0.29, 0.717) is 41.0 Å². The number of anilines is 1. The van der Waals surface area contributed by atoms with Crippen LogP contribution in [0.15, 0.2) is 72.3 Å². The van der Waals surface area contributed by atoms with E-state index in [-0.39, 0.29) is 11.3 Å². The number of hydrogen-bond donors (Lipinski definition) is 1. The SMILES string of the molecule is CCCOc1cccc(C(O)=C2C(=O)C(=O)N(c3nc4ccc(C)cc4s3)C2c2ccc(OCC)cc2)c1. The zero-order valence-electron chi connectivity index (χ0n) is 21.4. The van der Waals surface area contributed by atoms with E-state index in [2.05, 4.69) is 4.98 Å². The molecule has 1 aromatic heterocycles. The quantitative estimate of drug-likeness (QED) is 0.161. The first-order valence-electron chi connectivity index (χ1n) is 12.6. The van der Waals surface area contributed by atoms with E-state index < -0.39 is 17.7 Å². The number of nitrogens with zero attached hydrogens (tertiary/aromatic N) is 2. The van der Waals surface area contributed by atoms with Gasteiger partial charge in [0.2, 0.25) is 0 Å². The first kappa shape index (κ1) is 25.5. The molecule has 0 spiro atoms. The van der Waals surface area contributed by atoms with Crippen LogP contribution in [-0.2, 0) is 9.59 Å². The Morgan fingerprint density at radius 2 is 1.79 bits per heavy atom. The lowest BCUT2D eigenvalue weighted by Crippen LogP contribution is -2.29. The molecule has 0 aliphatic carbocycles. The molecule has 0 radical (unpaired) electrons. The van der Waals surface area contributed by atoms with Crippen LogP contribution in [0.1, 0.15) is 43.0 Å². The van der Waals surface area contributed by atoms with Crippen molar-refractivity contribution in [1.29, 1.82) is 0 Å². The molecule has 1 unspecified atom stereocenters. The summed E-state index contributed by atoms with van der Waals surface area (Å²) >= 11 is 1.34. The number of aromatic nitrogens is 1. The maximum atomic E-state index is 13.5. The van der Waals surface area contributed by atoms with Gasteiger partial charge in [0.15, 0.2) is 5.13 Å². The number of Topliss-reactive ketones (excluding diaryl/α,β-unsaturated/α-hetero) is 1. The number of ketones is 1. The van der Waals surface area contributed by atoms with Gasteiger partial charge in [-0.05, 0) is 67.8 Å². The zero-order chi connectivity index (χ0) is 26.8. The number of amides is 1. The second-order valence-corrected chi connectivity index (χ2v) is 10.0. The number of aryl methyl sites for hydroxylation is 1. The third kappa shape index (κ3) is 4.75. The highest BCUT2D eigenvalue weighted by Gasteiger charge is 2.48. The van der Waals surface area contributed by atoms with Crippen molar-refractivity contribution in [3.8, 4) is 11.5 Å². The van der Waals surface area contributed by atoms with Crippen molar-refractivity contribution in [3.05, 3.63) is 89.0 Å². The van der Waals surface area contributed by atoms with E-state index in [0.717, 1.165) is 22.2 Å². The molecule has 0 saturated carbocycles. The number of hydrogen-bond acceptors (Lipinski definition) is 7. The van der Waals surface area contributed by atoms with Crippen molar-refractivity contribution in [2.45, 2.75) is 33.2 Å². The Morgan fingerprint density at radius 3 is 2.53 bits per heavy atom. The molecule has 0 bridgehead atoms. The number of carbonyl (C=O) groups is 2. The molecular weight excluding hydrogens is 500 g/mol. The monoisotopic (exact) mass is 528 g/mol. The van der Waals surface area contributed by atoms with Crippen LogP contribution in [-0.4, -0.2) is 35.0 Å². The number of aliphatic hydroxyl groups excluding tert-OH is 1. The highest BCUT2D eigenvalue weighted by molar-refractivity contribution is 7.22. The highest BCUT2D eigenvalue weighted by atomic mass is 32.1. The Bertz CT molecular complexity index is 1540. The second kappa shape index (κ2) is 10.7. The average molecular weight is 529 g/mol. The summed E-state index contributed by atoms with van der Waals surface area (Å²) in [5, 5.41) is 11.8. The molecule has 8 heteroatoms. The van der Waals surface area contributed by atoms with Crippen LogP contribution in [0.25, 0.3) is 16.0 Å². The summed E-state index contributed by atoms with van der Waals surface area (Å²) in [5.74, 6) is -0.520. The molecular formula is C30H28N2O5S. The Labute approximate surface area is 225 Å². The van der Waals surface area contributed by atoms with E-state index in [1.165, 1.54) is 16.2 Å². The van der Waals surface area contributed by atoms with Gasteiger partial charge in [-0.15, -0.1) is 0 Å². The molecule has 38 heavy (non-hydrogen) atoms. The predicted octanol–water partition coefficient (Wildman–Crippen LogP) is 6.42. The topological polar surface area (TPSA) is 89.0 Å². The number of thiazole rings is 1. The first-order valence-corrected chi connectivity index (χ1v) is 13.4. The van der Waals surface area contributed by atoms with Crippen molar-refractivity contribution in [2.75, 3.05) is 18.1 Å². The van der Waals surface area contributed by atoms with Gasteiger partial charge >= 0.3 is 5.91 Å². The fourth-order valence-electron chi connectivity index (χ4n) is 4.49. The molecule has 1 aliphatic heterocycles. The van der Waals surface area contributed by atoms with Gasteiger partial charge in [0, 0.05) is 5.56 Å². The van der Waals surface area contributed by atoms with Crippen molar-refractivity contribution < 1.29 is 24.2 Å². The number of rotatable bonds is 8. The van der Waals surface area contributed by atoms with Crippen LogP contribution in [0.2, 0.25) is 0 Å². The third-order valence-electron chi connectivity index (χ3n) is 6.27. The summed E-state index contributed by atoms with van der Waals surface area (Å²) in [6, 6.07) is 19.1. The number of benzene rings is 3. The van der Waals surface area contributed by atoms with Crippen LogP contribution < -0.4 is 14.4 Å². The van der Waals surface area contributed by atoms with E-state index in [9.17, 15) is 14.7 Å². The fraction of sp³-hybridized carbons (Fsp3) is 0.233. The predicted molar refractivity (Wildman–Crippen MR) is 149 cm³/mol. The lowest BCUT2D eigenvalue weighted by Gasteiger charge is -2.23. The molecule has 1 saturated heterocycles. The van der Waals surface area contributed by atoms with Crippen molar-refractivity contribution in [3.63, 3.8) is 0 Å². The molecule has 194 valence electrons. The third-order valence-corrected chi connectivity index (χ3v) is 7.29. The maximum Gasteiger partial charge on any atom is 0.301 e. The lowest BCUT2D eigenvalue weighted by atomic mass is 9.95. The normalized spacial score (nSPS) is 16.8. The summed E-state index contributed by atoms with van der Waals surface area (Å²) in [6.07, 6.45) is 0.834. The second-order valence-electron chi connectivity index (χ2n) is 9.02. The fourth-order valence-corrected chi connectivity index (χ4v) is 5.58. The van der Waals surface area contributed by atoms with Crippen LogP contribution in [0.5, 0.6) is 11.5 Å². The van der Waals surface area contributed by atoms with Gasteiger partial charge < -0.3 is 14.6 Å². The molecule has 1 aliphatic rings. The first-order chi connectivity index (χ1) is 18.4. The minimum absolute atomic E-state index is 0.00207. The average Bonchev–Trinajstić information content (AvgIpc) is 3.45. The van der Waals surface area contributed by atoms with Gasteiger partial charge in [0.25, 0.3) is 5.78 Å². The summed E-state index contributed by atoms with van der Waals surface area (Å²) in [5.41, 5.74) is 2.87. The van der Waals surface area contributed by atoms with Gasteiger partial charge in [-0.25, -0.2) is 4.98 Å². The Balaban J connectivity index is 1.66. The van der Waals surface area contributed by atoms with Crippen molar-refractivity contribution in [1.82, 2.24) is 4.98 Å². The van der Waals surface area contributed by atoms with Crippen LogP contribution >= 0.6 is 11.3 Å². The van der Waals surface area contributed by atoms with Gasteiger partial charge in [0.1, 0.15) is 17.3 Å². The number of aliphatic hydroxyl groups is 1. The van der Waals surface area contributed by atoms with Gasteiger partial charge in [0.05, 0.1) is 35.0 Å². The van der Waals surface area contributed by atoms with Crippen molar-refractivity contribution >= 4 is 44.1 Å². The van der Waals surface area contributed by atoms with E-state index in [4.69, 9.17) is 9.47 Å². The molecule has 5 rings (SSSR count).